The summed E-state index contributed by atoms with van der Waals surface area (Å²) in [4.78, 5) is 23.6. The van der Waals surface area contributed by atoms with Crippen LogP contribution in [0.15, 0.2) is 36.4 Å². The van der Waals surface area contributed by atoms with Gasteiger partial charge in [-0.1, -0.05) is 30.3 Å². The number of amides is 2. The summed E-state index contributed by atoms with van der Waals surface area (Å²) in [5.74, 6) is -0.583. The molecule has 1 aliphatic rings. The molecule has 2 aromatic rings. The van der Waals surface area contributed by atoms with Gasteiger partial charge in [-0.05, 0) is 48.6 Å². The zero-order valence-corrected chi connectivity index (χ0v) is 11.5. The molecule has 0 aliphatic carbocycles. The highest BCUT2D eigenvalue weighted by atomic mass is 16.2. The SMILES string of the molecule is Cc1cccc(C)c1Cc1cccc2c1C(=O)NC2=O. The molecule has 0 atom stereocenters. The molecule has 100 valence electrons. The largest absolute Gasteiger partial charge is 0.288 e. The summed E-state index contributed by atoms with van der Waals surface area (Å²) < 4.78 is 0. The lowest BCUT2D eigenvalue weighted by atomic mass is 9.92. The Morgan fingerprint density at radius 1 is 0.900 bits per heavy atom. The van der Waals surface area contributed by atoms with Crippen molar-refractivity contribution >= 4 is 11.8 Å². The van der Waals surface area contributed by atoms with Gasteiger partial charge in [0, 0.05) is 0 Å². The van der Waals surface area contributed by atoms with Gasteiger partial charge < -0.3 is 0 Å². The summed E-state index contributed by atoms with van der Waals surface area (Å²) in [6.45, 7) is 4.13. The van der Waals surface area contributed by atoms with Crippen LogP contribution in [0.2, 0.25) is 0 Å². The van der Waals surface area contributed by atoms with Crippen molar-refractivity contribution in [1.82, 2.24) is 5.32 Å². The molecule has 20 heavy (non-hydrogen) atoms. The molecule has 3 nitrogen and oxygen atoms in total. The Bertz CT molecular complexity index is 712. The van der Waals surface area contributed by atoms with Gasteiger partial charge in [0.2, 0.25) is 0 Å². The molecule has 1 aliphatic heterocycles. The fraction of sp³-hybridized carbons (Fsp3) is 0.176. The molecule has 0 saturated heterocycles. The van der Waals surface area contributed by atoms with E-state index in [0.717, 1.165) is 5.56 Å². The van der Waals surface area contributed by atoms with E-state index in [0.29, 0.717) is 17.5 Å². The van der Waals surface area contributed by atoms with E-state index in [1.165, 1.54) is 16.7 Å². The van der Waals surface area contributed by atoms with Gasteiger partial charge in [0.1, 0.15) is 0 Å². The second-order valence-corrected chi connectivity index (χ2v) is 5.17. The third kappa shape index (κ3) is 1.92. The van der Waals surface area contributed by atoms with E-state index in [-0.39, 0.29) is 11.8 Å². The van der Waals surface area contributed by atoms with Crippen LogP contribution in [-0.4, -0.2) is 11.8 Å². The van der Waals surface area contributed by atoms with E-state index in [1.807, 2.05) is 18.2 Å². The van der Waals surface area contributed by atoms with Gasteiger partial charge in [-0.15, -0.1) is 0 Å². The highest BCUT2D eigenvalue weighted by Gasteiger charge is 2.29. The standard InChI is InChI=1S/C17H15NO2/c1-10-5-3-6-11(2)14(10)9-12-7-4-8-13-15(12)17(20)18-16(13)19/h3-8H,9H2,1-2H3,(H,18,19,20). The molecule has 0 saturated carbocycles. The molecule has 0 fully saturated rings. The quantitative estimate of drug-likeness (QED) is 0.849. The van der Waals surface area contributed by atoms with E-state index in [1.54, 1.807) is 6.07 Å². The van der Waals surface area contributed by atoms with Crippen LogP contribution in [0.4, 0.5) is 0 Å². The predicted molar refractivity (Wildman–Crippen MR) is 77.0 cm³/mol. The average Bonchev–Trinajstić information content (AvgIpc) is 2.71. The summed E-state index contributed by atoms with van der Waals surface area (Å²) in [5, 5.41) is 2.36. The maximum Gasteiger partial charge on any atom is 0.259 e. The van der Waals surface area contributed by atoms with E-state index >= 15 is 0 Å². The van der Waals surface area contributed by atoms with E-state index in [4.69, 9.17) is 0 Å². The molecule has 0 spiro atoms. The minimum absolute atomic E-state index is 0.285. The number of hydrogen-bond acceptors (Lipinski definition) is 2. The number of aryl methyl sites for hydroxylation is 2. The average molecular weight is 265 g/mol. The molecule has 1 heterocycles. The van der Waals surface area contributed by atoms with Crippen LogP contribution in [0.25, 0.3) is 0 Å². The van der Waals surface area contributed by atoms with Crippen molar-refractivity contribution in [3.05, 3.63) is 69.8 Å². The third-order valence-corrected chi connectivity index (χ3v) is 3.86. The van der Waals surface area contributed by atoms with Crippen molar-refractivity contribution in [1.29, 1.82) is 0 Å². The number of nitrogens with one attached hydrogen (secondary N) is 1. The first-order chi connectivity index (χ1) is 9.58. The lowest BCUT2D eigenvalue weighted by Gasteiger charge is -2.11. The monoisotopic (exact) mass is 265 g/mol. The van der Waals surface area contributed by atoms with Crippen molar-refractivity contribution in [2.45, 2.75) is 20.3 Å². The summed E-state index contributed by atoms with van der Waals surface area (Å²) in [7, 11) is 0. The second-order valence-electron chi connectivity index (χ2n) is 5.17. The van der Waals surface area contributed by atoms with Crippen molar-refractivity contribution in [2.24, 2.45) is 0 Å². The molecule has 0 aromatic heterocycles. The topological polar surface area (TPSA) is 46.2 Å². The first-order valence-electron chi connectivity index (χ1n) is 6.60. The summed E-state index contributed by atoms with van der Waals surface area (Å²) in [5.41, 5.74) is 5.54. The molecule has 0 unspecified atom stereocenters. The van der Waals surface area contributed by atoms with E-state index in [2.05, 4.69) is 31.3 Å². The Labute approximate surface area is 117 Å². The Kier molecular flexibility index (Phi) is 2.90. The van der Waals surface area contributed by atoms with Crippen LogP contribution in [-0.2, 0) is 6.42 Å². The number of carbonyl (C=O) groups excluding carboxylic acids is 2. The number of benzene rings is 2. The van der Waals surface area contributed by atoms with E-state index in [9.17, 15) is 9.59 Å². The van der Waals surface area contributed by atoms with Crippen LogP contribution in [0, 0.1) is 13.8 Å². The molecule has 0 bridgehead atoms. The number of carbonyl (C=O) groups is 2. The fourth-order valence-corrected chi connectivity index (χ4v) is 2.76. The fourth-order valence-electron chi connectivity index (χ4n) is 2.76. The maximum absolute atomic E-state index is 11.9. The second kappa shape index (κ2) is 4.60. The minimum Gasteiger partial charge on any atom is -0.288 e. The van der Waals surface area contributed by atoms with Crippen molar-refractivity contribution in [3.8, 4) is 0 Å². The summed E-state index contributed by atoms with van der Waals surface area (Å²) in [6.07, 6.45) is 0.669. The van der Waals surface area contributed by atoms with Crippen molar-refractivity contribution in [2.75, 3.05) is 0 Å². The van der Waals surface area contributed by atoms with Gasteiger partial charge in [-0.25, -0.2) is 0 Å². The highest BCUT2D eigenvalue weighted by molar-refractivity contribution is 6.22. The first-order valence-corrected chi connectivity index (χ1v) is 6.60. The number of fused-ring (bicyclic) bond motifs is 1. The normalized spacial score (nSPS) is 13.3. The van der Waals surface area contributed by atoms with Crippen LogP contribution in [0.3, 0.4) is 0 Å². The number of imide groups is 1. The molecule has 2 aromatic carbocycles. The van der Waals surface area contributed by atoms with Gasteiger partial charge in [0.05, 0.1) is 11.1 Å². The maximum atomic E-state index is 11.9. The smallest absolute Gasteiger partial charge is 0.259 e. The zero-order chi connectivity index (χ0) is 14.3. The number of rotatable bonds is 2. The van der Waals surface area contributed by atoms with Gasteiger partial charge in [0.15, 0.2) is 0 Å². The minimum atomic E-state index is -0.298. The Morgan fingerprint density at radius 2 is 1.55 bits per heavy atom. The Balaban J connectivity index is 2.10. The molecule has 3 rings (SSSR count). The van der Waals surface area contributed by atoms with Crippen LogP contribution in [0.5, 0.6) is 0 Å². The highest BCUT2D eigenvalue weighted by Crippen LogP contribution is 2.25. The van der Waals surface area contributed by atoms with Gasteiger partial charge in [0.25, 0.3) is 11.8 Å². The lowest BCUT2D eigenvalue weighted by Crippen LogP contribution is -2.20. The predicted octanol–water partition coefficient (Wildman–Crippen LogP) is 2.78. The van der Waals surface area contributed by atoms with Crippen LogP contribution < -0.4 is 5.32 Å². The molecule has 3 heteroatoms. The molecular weight excluding hydrogens is 250 g/mol. The molecular formula is C17H15NO2. The molecule has 1 N–H and O–H groups in total. The van der Waals surface area contributed by atoms with Gasteiger partial charge in [-0.3, -0.25) is 14.9 Å². The van der Waals surface area contributed by atoms with Crippen LogP contribution in [0.1, 0.15) is 43.0 Å². The van der Waals surface area contributed by atoms with Gasteiger partial charge >= 0.3 is 0 Å². The first kappa shape index (κ1) is 12.6. The lowest BCUT2D eigenvalue weighted by molar-refractivity contribution is 0.0879. The third-order valence-electron chi connectivity index (χ3n) is 3.86. The van der Waals surface area contributed by atoms with Gasteiger partial charge in [-0.2, -0.15) is 0 Å². The molecule has 2 amide bonds. The van der Waals surface area contributed by atoms with Crippen molar-refractivity contribution in [3.63, 3.8) is 0 Å². The van der Waals surface area contributed by atoms with Crippen LogP contribution >= 0.6 is 0 Å². The Morgan fingerprint density at radius 3 is 2.25 bits per heavy atom. The zero-order valence-electron chi connectivity index (χ0n) is 11.5. The van der Waals surface area contributed by atoms with Crippen molar-refractivity contribution < 1.29 is 9.59 Å². The Hall–Kier alpha value is -2.42. The molecule has 0 radical (unpaired) electrons. The summed E-state index contributed by atoms with van der Waals surface area (Å²) >= 11 is 0. The summed E-state index contributed by atoms with van der Waals surface area (Å²) in [6, 6.07) is 11.6. The van der Waals surface area contributed by atoms with E-state index < -0.39 is 0 Å². The number of hydrogen-bond donors (Lipinski definition) is 1.